The van der Waals surface area contributed by atoms with E-state index in [2.05, 4.69) is 4.90 Å². The van der Waals surface area contributed by atoms with Gasteiger partial charge in [0.2, 0.25) is 0 Å². The quantitative estimate of drug-likeness (QED) is 0.795. The summed E-state index contributed by atoms with van der Waals surface area (Å²) in [5.74, 6) is -0.331. The van der Waals surface area contributed by atoms with Crippen molar-refractivity contribution in [3.05, 3.63) is 65.5 Å². The zero-order valence-electron chi connectivity index (χ0n) is 11.3. The van der Waals surface area contributed by atoms with E-state index in [1.165, 1.54) is 17.7 Å². The molecule has 0 atom stereocenters. The van der Waals surface area contributed by atoms with E-state index >= 15 is 0 Å². The molecule has 0 saturated heterocycles. The maximum absolute atomic E-state index is 13.0. The van der Waals surface area contributed by atoms with E-state index in [1.807, 2.05) is 30.3 Å². The van der Waals surface area contributed by atoms with E-state index in [1.54, 1.807) is 6.07 Å². The normalized spacial score (nSPS) is 10.9. The molecule has 4 heteroatoms. The second kappa shape index (κ2) is 7.03. The molecule has 0 aliphatic heterocycles. The van der Waals surface area contributed by atoms with Crippen molar-refractivity contribution in [2.45, 2.75) is 13.1 Å². The Bertz CT molecular complexity index is 545. The van der Waals surface area contributed by atoms with Gasteiger partial charge < -0.3 is 10.8 Å². The third-order valence-electron chi connectivity index (χ3n) is 3.17. The third-order valence-corrected chi connectivity index (χ3v) is 3.17. The molecule has 0 aliphatic carbocycles. The first-order valence-electron chi connectivity index (χ1n) is 6.60. The highest BCUT2D eigenvalue weighted by Gasteiger charge is 2.09. The number of nitrogens with two attached hydrogens (primary N) is 1. The summed E-state index contributed by atoms with van der Waals surface area (Å²) in [6, 6.07) is 14.5. The Morgan fingerprint density at radius 1 is 1.05 bits per heavy atom. The van der Waals surface area contributed by atoms with Crippen LogP contribution in [-0.2, 0) is 13.1 Å². The van der Waals surface area contributed by atoms with Gasteiger partial charge in [0, 0.05) is 25.3 Å². The van der Waals surface area contributed by atoms with Gasteiger partial charge in [-0.1, -0.05) is 36.4 Å². The topological polar surface area (TPSA) is 49.5 Å². The number of benzene rings is 2. The highest BCUT2D eigenvalue weighted by atomic mass is 19.1. The molecule has 0 bridgehead atoms. The Morgan fingerprint density at radius 3 is 2.45 bits per heavy atom. The maximum Gasteiger partial charge on any atom is 0.125 e. The molecule has 0 spiro atoms. The van der Waals surface area contributed by atoms with Gasteiger partial charge in [-0.3, -0.25) is 4.90 Å². The van der Waals surface area contributed by atoms with Gasteiger partial charge in [-0.05, 0) is 23.3 Å². The smallest absolute Gasteiger partial charge is 0.125 e. The minimum atomic E-state index is -0.331. The molecule has 2 rings (SSSR count). The van der Waals surface area contributed by atoms with Gasteiger partial charge in [0.25, 0.3) is 0 Å². The zero-order chi connectivity index (χ0) is 14.4. The van der Waals surface area contributed by atoms with Gasteiger partial charge in [-0.2, -0.15) is 0 Å². The maximum atomic E-state index is 13.0. The van der Waals surface area contributed by atoms with Crippen molar-refractivity contribution in [2.75, 3.05) is 18.9 Å². The van der Waals surface area contributed by atoms with Crippen LogP contribution in [0.1, 0.15) is 11.1 Å². The first-order valence-corrected chi connectivity index (χ1v) is 6.60. The van der Waals surface area contributed by atoms with Crippen LogP contribution in [0.5, 0.6) is 0 Å². The minimum Gasteiger partial charge on any atom is -0.398 e. The number of nitrogens with zero attached hydrogens (tertiary/aromatic N) is 1. The van der Waals surface area contributed by atoms with Crippen molar-refractivity contribution >= 4 is 5.69 Å². The number of anilines is 1. The molecule has 0 amide bonds. The Morgan fingerprint density at radius 2 is 1.80 bits per heavy atom. The highest BCUT2D eigenvalue weighted by Crippen LogP contribution is 2.17. The van der Waals surface area contributed by atoms with Crippen LogP contribution in [0.25, 0.3) is 0 Å². The summed E-state index contributed by atoms with van der Waals surface area (Å²) >= 11 is 0. The first-order chi connectivity index (χ1) is 9.69. The highest BCUT2D eigenvalue weighted by molar-refractivity contribution is 5.46. The van der Waals surface area contributed by atoms with Crippen molar-refractivity contribution in [1.29, 1.82) is 0 Å². The average molecular weight is 274 g/mol. The van der Waals surface area contributed by atoms with Gasteiger partial charge in [-0.25, -0.2) is 4.39 Å². The second-order valence-corrected chi connectivity index (χ2v) is 4.76. The van der Waals surface area contributed by atoms with Crippen molar-refractivity contribution in [2.24, 2.45) is 0 Å². The van der Waals surface area contributed by atoms with Crippen LogP contribution in [0.2, 0.25) is 0 Å². The molecule has 2 aromatic rings. The number of hydrogen-bond acceptors (Lipinski definition) is 3. The van der Waals surface area contributed by atoms with Crippen LogP contribution in [-0.4, -0.2) is 23.2 Å². The fourth-order valence-electron chi connectivity index (χ4n) is 2.15. The summed E-state index contributed by atoms with van der Waals surface area (Å²) in [5, 5.41) is 9.17. The van der Waals surface area contributed by atoms with Crippen LogP contribution in [0, 0.1) is 5.82 Å². The summed E-state index contributed by atoms with van der Waals surface area (Å²) in [5.41, 5.74) is 8.31. The Balaban J connectivity index is 2.09. The lowest BCUT2D eigenvalue weighted by atomic mass is 10.1. The second-order valence-electron chi connectivity index (χ2n) is 4.76. The molecule has 3 N–H and O–H groups in total. The van der Waals surface area contributed by atoms with E-state index in [-0.39, 0.29) is 12.4 Å². The van der Waals surface area contributed by atoms with Crippen LogP contribution in [0.4, 0.5) is 10.1 Å². The standard InChI is InChI=1S/C16H19FN2O/c17-15-7-6-14(16(18)10-15)12-19(8-9-20)11-13-4-2-1-3-5-13/h1-7,10,20H,8-9,11-12,18H2. The molecule has 0 aliphatic rings. The molecule has 0 heterocycles. The minimum absolute atomic E-state index is 0.0773. The fourth-order valence-corrected chi connectivity index (χ4v) is 2.15. The van der Waals surface area contributed by atoms with Crippen LogP contribution < -0.4 is 5.73 Å². The molecule has 0 radical (unpaired) electrons. The summed E-state index contributed by atoms with van der Waals surface area (Å²) < 4.78 is 13.0. The molecule has 0 fully saturated rings. The van der Waals surface area contributed by atoms with Gasteiger partial charge in [-0.15, -0.1) is 0 Å². The molecule has 20 heavy (non-hydrogen) atoms. The van der Waals surface area contributed by atoms with Gasteiger partial charge in [0.15, 0.2) is 0 Å². The van der Waals surface area contributed by atoms with Crippen molar-refractivity contribution in [3.8, 4) is 0 Å². The monoisotopic (exact) mass is 274 g/mol. The van der Waals surface area contributed by atoms with Crippen molar-refractivity contribution in [1.82, 2.24) is 4.90 Å². The van der Waals surface area contributed by atoms with E-state index in [9.17, 15) is 9.50 Å². The average Bonchev–Trinajstić information content (AvgIpc) is 2.43. The number of rotatable bonds is 6. The molecular weight excluding hydrogens is 255 g/mol. The largest absolute Gasteiger partial charge is 0.398 e. The Labute approximate surface area is 118 Å². The summed E-state index contributed by atoms with van der Waals surface area (Å²) in [6.07, 6.45) is 0. The number of aliphatic hydroxyl groups excluding tert-OH is 1. The third kappa shape index (κ3) is 4.05. The van der Waals surface area contributed by atoms with Crippen molar-refractivity contribution < 1.29 is 9.50 Å². The van der Waals surface area contributed by atoms with E-state index in [4.69, 9.17) is 5.73 Å². The number of halogens is 1. The van der Waals surface area contributed by atoms with Gasteiger partial charge in [0.05, 0.1) is 6.61 Å². The molecule has 3 nitrogen and oxygen atoms in total. The summed E-state index contributed by atoms with van der Waals surface area (Å²) in [7, 11) is 0. The lowest BCUT2D eigenvalue weighted by Gasteiger charge is -2.22. The zero-order valence-corrected chi connectivity index (χ0v) is 11.3. The Kier molecular flexibility index (Phi) is 5.09. The van der Waals surface area contributed by atoms with E-state index in [0.29, 0.717) is 18.8 Å². The van der Waals surface area contributed by atoms with Crippen LogP contribution in [0.3, 0.4) is 0 Å². The summed E-state index contributed by atoms with van der Waals surface area (Å²) in [6.45, 7) is 1.93. The van der Waals surface area contributed by atoms with Gasteiger partial charge in [0.1, 0.15) is 5.82 Å². The van der Waals surface area contributed by atoms with Crippen LogP contribution >= 0.6 is 0 Å². The Hall–Kier alpha value is -1.91. The summed E-state index contributed by atoms with van der Waals surface area (Å²) in [4.78, 5) is 2.08. The molecule has 2 aromatic carbocycles. The lowest BCUT2D eigenvalue weighted by molar-refractivity contribution is 0.184. The molecule has 0 aromatic heterocycles. The molecular formula is C16H19FN2O. The number of aliphatic hydroxyl groups is 1. The SMILES string of the molecule is Nc1cc(F)ccc1CN(CCO)Cc1ccccc1. The number of hydrogen-bond donors (Lipinski definition) is 2. The van der Waals surface area contributed by atoms with Crippen LogP contribution in [0.15, 0.2) is 48.5 Å². The number of nitrogen functional groups attached to an aromatic ring is 1. The fraction of sp³-hybridized carbons (Fsp3) is 0.250. The van der Waals surface area contributed by atoms with Gasteiger partial charge >= 0.3 is 0 Å². The van der Waals surface area contributed by atoms with Crippen molar-refractivity contribution in [3.63, 3.8) is 0 Å². The van der Waals surface area contributed by atoms with E-state index in [0.717, 1.165) is 12.1 Å². The van der Waals surface area contributed by atoms with E-state index < -0.39 is 0 Å². The molecule has 0 unspecified atom stereocenters. The predicted molar refractivity (Wildman–Crippen MR) is 78.5 cm³/mol. The first kappa shape index (κ1) is 14.5. The predicted octanol–water partition coefficient (Wildman–Crippen LogP) is 2.40. The molecule has 0 saturated carbocycles. The lowest BCUT2D eigenvalue weighted by Crippen LogP contribution is -2.26. The molecule has 106 valence electrons.